The zero-order valence-corrected chi connectivity index (χ0v) is 14.0. The predicted molar refractivity (Wildman–Crippen MR) is 88.6 cm³/mol. The van der Waals surface area contributed by atoms with Gasteiger partial charge < -0.3 is 10.2 Å². The van der Waals surface area contributed by atoms with Gasteiger partial charge in [0.1, 0.15) is 0 Å². The first-order valence-corrected chi connectivity index (χ1v) is 7.86. The number of aromatic nitrogens is 1. The maximum Gasteiger partial charge on any atom is 0.257 e. The van der Waals surface area contributed by atoms with Crippen LogP contribution in [0.5, 0.6) is 0 Å². The number of hydrogen-bond donors (Lipinski definition) is 1. The van der Waals surface area contributed by atoms with Crippen LogP contribution in [0.2, 0.25) is 0 Å². The van der Waals surface area contributed by atoms with Crippen molar-refractivity contribution in [2.24, 2.45) is 11.8 Å². The maximum absolute atomic E-state index is 12.8. The van der Waals surface area contributed by atoms with Crippen molar-refractivity contribution in [2.75, 3.05) is 25.5 Å². The van der Waals surface area contributed by atoms with Crippen molar-refractivity contribution in [3.05, 3.63) is 24.0 Å². The molecule has 0 unspecified atom stereocenters. The Balaban J connectivity index is 2.86. The van der Waals surface area contributed by atoms with Gasteiger partial charge in [-0.25, -0.2) is 0 Å². The second-order valence-corrected chi connectivity index (χ2v) is 6.33. The first-order chi connectivity index (χ1) is 9.95. The van der Waals surface area contributed by atoms with Gasteiger partial charge in [-0.2, -0.15) is 0 Å². The average Bonchev–Trinajstić information content (AvgIpc) is 2.46. The Morgan fingerprint density at radius 1 is 1.19 bits per heavy atom. The summed E-state index contributed by atoms with van der Waals surface area (Å²) < 4.78 is 0. The largest absolute Gasteiger partial charge is 0.387 e. The van der Waals surface area contributed by atoms with Gasteiger partial charge in [-0.3, -0.25) is 9.78 Å². The van der Waals surface area contributed by atoms with E-state index >= 15 is 0 Å². The number of rotatable bonds is 8. The normalized spacial score (nSPS) is 11.0. The maximum atomic E-state index is 12.8. The van der Waals surface area contributed by atoms with Crippen LogP contribution in [0.3, 0.4) is 0 Å². The lowest BCUT2D eigenvalue weighted by molar-refractivity contribution is 0.0741. The highest BCUT2D eigenvalue weighted by Crippen LogP contribution is 2.17. The molecular weight excluding hydrogens is 262 g/mol. The van der Waals surface area contributed by atoms with Gasteiger partial charge in [0, 0.05) is 38.2 Å². The summed E-state index contributed by atoms with van der Waals surface area (Å²) in [5, 5.41) is 3.07. The number of nitrogens with one attached hydrogen (secondary N) is 1. The van der Waals surface area contributed by atoms with E-state index in [4.69, 9.17) is 0 Å². The molecule has 1 rings (SSSR count). The summed E-state index contributed by atoms with van der Waals surface area (Å²) in [6.07, 6.45) is 5.42. The molecule has 0 aliphatic carbocycles. The third-order valence-corrected chi connectivity index (χ3v) is 3.56. The van der Waals surface area contributed by atoms with Crippen molar-refractivity contribution in [3.63, 3.8) is 0 Å². The Bertz CT molecular complexity index is 431. The van der Waals surface area contributed by atoms with Gasteiger partial charge in [0.05, 0.1) is 5.56 Å². The van der Waals surface area contributed by atoms with Crippen LogP contribution >= 0.6 is 0 Å². The third-order valence-electron chi connectivity index (χ3n) is 3.56. The van der Waals surface area contributed by atoms with Gasteiger partial charge in [-0.05, 0) is 30.7 Å². The minimum Gasteiger partial charge on any atom is -0.387 e. The van der Waals surface area contributed by atoms with Crippen LogP contribution in [0.15, 0.2) is 18.5 Å². The summed E-state index contributed by atoms with van der Waals surface area (Å²) in [5.41, 5.74) is 1.50. The van der Waals surface area contributed by atoms with Crippen LogP contribution in [-0.2, 0) is 0 Å². The molecule has 1 aromatic rings. The van der Waals surface area contributed by atoms with Crippen molar-refractivity contribution in [2.45, 2.75) is 40.5 Å². The van der Waals surface area contributed by atoms with Crippen LogP contribution < -0.4 is 5.32 Å². The molecular formula is C17H29N3O. The molecule has 0 saturated carbocycles. The number of anilines is 1. The van der Waals surface area contributed by atoms with Crippen LogP contribution in [0.25, 0.3) is 0 Å². The standard InChI is InChI=1S/C17H29N3O/c1-13(2)7-10-20(11-8-14(3)4)17(21)15-12-19-9-6-16(15)18-5/h6,9,12-14H,7-8,10-11H2,1-5H3,(H,18,19). The fraction of sp³-hybridized carbons (Fsp3) is 0.647. The average molecular weight is 291 g/mol. The summed E-state index contributed by atoms with van der Waals surface area (Å²) in [7, 11) is 1.83. The number of nitrogens with zero attached hydrogens (tertiary/aromatic N) is 2. The van der Waals surface area contributed by atoms with Crippen LogP contribution in [-0.4, -0.2) is 35.9 Å². The van der Waals surface area contributed by atoms with E-state index in [1.54, 1.807) is 12.4 Å². The highest BCUT2D eigenvalue weighted by Gasteiger charge is 2.19. The molecule has 0 fully saturated rings. The van der Waals surface area contributed by atoms with Crippen molar-refractivity contribution in [1.82, 2.24) is 9.88 Å². The van der Waals surface area contributed by atoms with Crippen molar-refractivity contribution in [3.8, 4) is 0 Å². The van der Waals surface area contributed by atoms with Crippen molar-refractivity contribution < 1.29 is 4.79 Å². The van der Waals surface area contributed by atoms with Gasteiger partial charge in [0.2, 0.25) is 0 Å². The molecule has 118 valence electrons. The van der Waals surface area contributed by atoms with Crippen LogP contribution in [0.1, 0.15) is 50.9 Å². The Labute approximate surface area is 129 Å². The first-order valence-electron chi connectivity index (χ1n) is 7.86. The molecule has 0 bridgehead atoms. The number of carbonyl (C=O) groups is 1. The molecule has 21 heavy (non-hydrogen) atoms. The smallest absolute Gasteiger partial charge is 0.257 e. The van der Waals surface area contributed by atoms with E-state index in [0.29, 0.717) is 17.4 Å². The molecule has 1 amide bonds. The van der Waals surface area contributed by atoms with Crippen molar-refractivity contribution in [1.29, 1.82) is 0 Å². The van der Waals surface area contributed by atoms with Crippen molar-refractivity contribution >= 4 is 11.6 Å². The van der Waals surface area contributed by atoms with E-state index in [-0.39, 0.29) is 5.91 Å². The zero-order valence-electron chi connectivity index (χ0n) is 14.0. The summed E-state index contributed by atoms with van der Waals surface area (Å²) in [5.74, 6) is 1.27. The minimum absolute atomic E-state index is 0.0775. The summed E-state index contributed by atoms with van der Waals surface area (Å²) in [6.45, 7) is 10.4. The minimum atomic E-state index is 0.0775. The molecule has 0 spiro atoms. The molecule has 0 aliphatic rings. The van der Waals surface area contributed by atoms with E-state index in [2.05, 4.69) is 38.0 Å². The Morgan fingerprint density at radius 3 is 2.24 bits per heavy atom. The lowest BCUT2D eigenvalue weighted by atomic mass is 10.1. The SMILES string of the molecule is CNc1ccncc1C(=O)N(CCC(C)C)CCC(C)C. The predicted octanol–water partition coefficient (Wildman–Crippen LogP) is 3.66. The fourth-order valence-electron chi connectivity index (χ4n) is 2.10. The second kappa shape index (κ2) is 8.65. The highest BCUT2D eigenvalue weighted by molar-refractivity contribution is 5.99. The van der Waals surface area contributed by atoms with Gasteiger partial charge in [-0.15, -0.1) is 0 Å². The molecule has 1 heterocycles. The molecule has 0 saturated heterocycles. The first kappa shape index (κ1) is 17.5. The zero-order chi connectivity index (χ0) is 15.8. The monoisotopic (exact) mass is 291 g/mol. The quantitative estimate of drug-likeness (QED) is 0.795. The lowest BCUT2D eigenvalue weighted by Gasteiger charge is -2.25. The summed E-state index contributed by atoms with van der Waals surface area (Å²) in [4.78, 5) is 18.9. The highest BCUT2D eigenvalue weighted by atomic mass is 16.2. The molecule has 0 aromatic carbocycles. The molecule has 0 radical (unpaired) electrons. The summed E-state index contributed by atoms with van der Waals surface area (Å²) in [6, 6.07) is 1.84. The van der Waals surface area contributed by atoms with Gasteiger partial charge in [0.15, 0.2) is 0 Å². The van der Waals surface area contributed by atoms with E-state index < -0.39 is 0 Å². The topological polar surface area (TPSA) is 45.2 Å². The number of hydrogen-bond acceptors (Lipinski definition) is 3. The Morgan fingerprint density at radius 2 is 1.76 bits per heavy atom. The third kappa shape index (κ3) is 5.74. The molecule has 0 aliphatic heterocycles. The molecule has 4 nitrogen and oxygen atoms in total. The molecule has 1 aromatic heterocycles. The Hall–Kier alpha value is -1.58. The van der Waals surface area contributed by atoms with Gasteiger partial charge in [0.25, 0.3) is 5.91 Å². The van der Waals surface area contributed by atoms with E-state index in [1.165, 1.54) is 0 Å². The summed E-state index contributed by atoms with van der Waals surface area (Å²) >= 11 is 0. The van der Waals surface area contributed by atoms with Gasteiger partial charge in [-0.1, -0.05) is 27.7 Å². The van der Waals surface area contributed by atoms with Crippen LogP contribution in [0.4, 0.5) is 5.69 Å². The van der Waals surface area contributed by atoms with Crippen LogP contribution in [0, 0.1) is 11.8 Å². The van der Waals surface area contributed by atoms with Gasteiger partial charge >= 0.3 is 0 Å². The molecule has 1 N–H and O–H groups in total. The van der Waals surface area contributed by atoms with E-state index in [9.17, 15) is 4.79 Å². The van der Waals surface area contributed by atoms with E-state index in [0.717, 1.165) is 31.6 Å². The Kier molecular flexibility index (Phi) is 7.20. The molecule has 4 heteroatoms. The molecule has 0 atom stereocenters. The number of carbonyl (C=O) groups excluding carboxylic acids is 1. The fourth-order valence-corrected chi connectivity index (χ4v) is 2.10. The van der Waals surface area contributed by atoms with E-state index in [1.807, 2.05) is 18.0 Å². The number of amides is 1. The lowest BCUT2D eigenvalue weighted by Crippen LogP contribution is -2.34. The second-order valence-electron chi connectivity index (χ2n) is 6.33. The number of pyridine rings is 1.